The summed E-state index contributed by atoms with van der Waals surface area (Å²) >= 11 is 0. The summed E-state index contributed by atoms with van der Waals surface area (Å²) in [6.45, 7) is 3.86. The lowest BCUT2D eigenvalue weighted by atomic mass is 10.1. The van der Waals surface area contributed by atoms with Crippen LogP contribution < -0.4 is 4.74 Å². The van der Waals surface area contributed by atoms with Crippen LogP contribution in [0.15, 0.2) is 12.1 Å². The molecule has 0 heterocycles. The largest absolute Gasteiger partial charge is 0.496 e. The second-order valence-corrected chi connectivity index (χ2v) is 2.70. The number of aryl methyl sites for hydroxylation is 1. The number of nitrogens with zero attached hydrogens (tertiary/aromatic N) is 1. The van der Waals surface area contributed by atoms with Gasteiger partial charge in [-0.2, -0.15) is 5.26 Å². The molecule has 0 atom stereocenters. The van der Waals surface area contributed by atoms with Gasteiger partial charge in [0.1, 0.15) is 5.75 Å². The summed E-state index contributed by atoms with van der Waals surface area (Å²) in [6.07, 6.45) is 0. The van der Waals surface area contributed by atoms with Crippen LogP contribution in [0.1, 0.15) is 16.7 Å². The minimum atomic E-state index is 0.678. The number of ether oxygens (including phenoxy) is 1. The highest BCUT2D eigenvalue weighted by Crippen LogP contribution is 2.24. The SMILES string of the molecule is COc1c(C)ccc(C#N)c1C. The molecule has 1 aromatic rings. The average Bonchev–Trinajstić information content (AvgIpc) is 2.06. The molecule has 0 aliphatic rings. The van der Waals surface area contributed by atoms with E-state index >= 15 is 0 Å². The highest BCUT2D eigenvalue weighted by molar-refractivity contribution is 5.49. The molecular weight excluding hydrogens is 150 g/mol. The van der Waals surface area contributed by atoms with E-state index in [1.807, 2.05) is 26.0 Å². The molecule has 0 radical (unpaired) electrons. The normalized spacial score (nSPS) is 9.17. The second-order valence-electron chi connectivity index (χ2n) is 2.70. The van der Waals surface area contributed by atoms with Crippen molar-refractivity contribution in [2.45, 2.75) is 13.8 Å². The Morgan fingerprint density at radius 1 is 1.33 bits per heavy atom. The van der Waals surface area contributed by atoms with Gasteiger partial charge in [0.2, 0.25) is 0 Å². The molecule has 0 fully saturated rings. The van der Waals surface area contributed by atoms with Crippen LogP contribution in [0.25, 0.3) is 0 Å². The molecule has 0 saturated heterocycles. The molecule has 0 aromatic heterocycles. The molecule has 2 nitrogen and oxygen atoms in total. The predicted octanol–water partition coefficient (Wildman–Crippen LogP) is 2.18. The first-order valence-electron chi connectivity index (χ1n) is 3.75. The van der Waals surface area contributed by atoms with Crippen molar-refractivity contribution >= 4 is 0 Å². The minimum Gasteiger partial charge on any atom is -0.496 e. The second kappa shape index (κ2) is 3.27. The quantitative estimate of drug-likeness (QED) is 0.632. The fourth-order valence-electron chi connectivity index (χ4n) is 1.26. The minimum absolute atomic E-state index is 0.678. The molecular formula is C10H11NO. The van der Waals surface area contributed by atoms with Gasteiger partial charge in [-0.05, 0) is 25.5 Å². The molecule has 0 N–H and O–H groups in total. The molecule has 62 valence electrons. The summed E-state index contributed by atoms with van der Waals surface area (Å²) in [6, 6.07) is 5.82. The zero-order chi connectivity index (χ0) is 9.14. The van der Waals surface area contributed by atoms with Crippen LogP contribution in [-0.4, -0.2) is 7.11 Å². The van der Waals surface area contributed by atoms with Crippen LogP contribution in [0.3, 0.4) is 0 Å². The third-order valence-electron chi connectivity index (χ3n) is 1.93. The Morgan fingerprint density at radius 3 is 2.50 bits per heavy atom. The van der Waals surface area contributed by atoms with Crippen molar-refractivity contribution < 1.29 is 4.74 Å². The van der Waals surface area contributed by atoms with Gasteiger partial charge < -0.3 is 4.74 Å². The van der Waals surface area contributed by atoms with Gasteiger partial charge >= 0.3 is 0 Å². The van der Waals surface area contributed by atoms with E-state index in [-0.39, 0.29) is 0 Å². The van der Waals surface area contributed by atoms with E-state index in [1.54, 1.807) is 7.11 Å². The molecule has 12 heavy (non-hydrogen) atoms. The maximum atomic E-state index is 8.72. The van der Waals surface area contributed by atoms with Crippen LogP contribution in [0.5, 0.6) is 5.75 Å². The Kier molecular flexibility index (Phi) is 2.35. The molecule has 0 unspecified atom stereocenters. The zero-order valence-corrected chi connectivity index (χ0v) is 7.51. The average molecular weight is 161 g/mol. The van der Waals surface area contributed by atoms with Gasteiger partial charge in [-0.15, -0.1) is 0 Å². The third kappa shape index (κ3) is 1.26. The number of nitriles is 1. The van der Waals surface area contributed by atoms with Crippen molar-refractivity contribution in [3.05, 3.63) is 28.8 Å². The van der Waals surface area contributed by atoms with Crippen molar-refractivity contribution in [2.24, 2.45) is 0 Å². The topological polar surface area (TPSA) is 33.0 Å². The van der Waals surface area contributed by atoms with Crippen molar-refractivity contribution in [1.82, 2.24) is 0 Å². The van der Waals surface area contributed by atoms with Crippen molar-refractivity contribution in [1.29, 1.82) is 5.26 Å². The third-order valence-corrected chi connectivity index (χ3v) is 1.93. The smallest absolute Gasteiger partial charge is 0.125 e. The number of benzene rings is 1. The number of rotatable bonds is 1. The van der Waals surface area contributed by atoms with Crippen LogP contribution in [-0.2, 0) is 0 Å². The number of methoxy groups -OCH3 is 1. The maximum Gasteiger partial charge on any atom is 0.125 e. The summed E-state index contributed by atoms with van der Waals surface area (Å²) in [5.74, 6) is 0.814. The standard InChI is InChI=1S/C10H11NO/c1-7-4-5-9(6-11)8(2)10(7)12-3/h4-5H,1-3H3. The molecule has 0 spiro atoms. The Bertz CT molecular complexity index is 336. The highest BCUT2D eigenvalue weighted by atomic mass is 16.5. The summed E-state index contributed by atoms with van der Waals surface area (Å²) in [4.78, 5) is 0. The Balaban J connectivity index is 3.36. The van der Waals surface area contributed by atoms with Gasteiger partial charge in [0.15, 0.2) is 0 Å². The van der Waals surface area contributed by atoms with Gasteiger partial charge in [0, 0.05) is 5.56 Å². The van der Waals surface area contributed by atoms with Gasteiger partial charge in [-0.1, -0.05) is 6.07 Å². The van der Waals surface area contributed by atoms with Crippen LogP contribution in [0.4, 0.5) is 0 Å². The van der Waals surface area contributed by atoms with E-state index in [0.29, 0.717) is 5.56 Å². The Labute approximate surface area is 72.4 Å². The Morgan fingerprint density at radius 2 is 2.00 bits per heavy atom. The molecule has 0 saturated carbocycles. The van der Waals surface area contributed by atoms with Gasteiger partial charge in [-0.3, -0.25) is 0 Å². The maximum absolute atomic E-state index is 8.72. The first kappa shape index (κ1) is 8.61. The van der Waals surface area contributed by atoms with Gasteiger partial charge in [0.05, 0.1) is 18.7 Å². The van der Waals surface area contributed by atoms with E-state index in [4.69, 9.17) is 10.00 Å². The molecule has 1 rings (SSSR count). The van der Waals surface area contributed by atoms with E-state index in [9.17, 15) is 0 Å². The molecule has 0 aliphatic carbocycles. The van der Waals surface area contributed by atoms with E-state index < -0.39 is 0 Å². The lowest BCUT2D eigenvalue weighted by Crippen LogP contribution is -1.93. The number of hydrogen-bond donors (Lipinski definition) is 0. The van der Waals surface area contributed by atoms with E-state index in [2.05, 4.69) is 6.07 Å². The molecule has 1 aromatic carbocycles. The van der Waals surface area contributed by atoms with Gasteiger partial charge in [-0.25, -0.2) is 0 Å². The zero-order valence-electron chi connectivity index (χ0n) is 7.51. The lowest BCUT2D eigenvalue weighted by molar-refractivity contribution is 0.408. The lowest BCUT2D eigenvalue weighted by Gasteiger charge is -2.08. The summed E-state index contributed by atoms with van der Waals surface area (Å²) in [5, 5.41) is 8.72. The van der Waals surface area contributed by atoms with Crippen molar-refractivity contribution in [3.8, 4) is 11.8 Å². The van der Waals surface area contributed by atoms with Crippen molar-refractivity contribution in [2.75, 3.05) is 7.11 Å². The fourth-order valence-corrected chi connectivity index (χ4v) is 1.26. The first-order chi connectivity index (χ1) is 5.70. The number of hydrogen-bond acceptors (Lipinski definition) is 2. The summed E-state index contributed by atoms with van der Waals surface area (Å²) in [5.41, 5.74) is 2.66. The molecule has 0 aliphatic heterocycles. The van der Waals surface area contributed by atoms with E-state index in [1.165, 1.54) is 0 Å². The Hall–Kier alpha value is -1.49. The van der Waals surface area contributed by atoms with Gasteiger partial charge in [0.25, 0.3) is 0 Å². The predicted molar refractivity (Wildman–Crippen MR) is 47.2 cm³/mol. The van der Waals surface area contributed by atoms with Crippen LogP contribution in [0.2, 0.25) is 0 Å². The molecule has 0 amide bonds. The van der Waals surface area contributed by atoms with Crippen molar-refractivity contribution in [3.63, 3.8) is 0 Å². The molecule has 2 heteroatoms. The highest BCUT2D eigenvalue weighted by Gasteiger charge is 2.06. The summed E-state index contributed by atoms with van der Waals surface area (Å²) in [7, 11) is 1.62. The van der Waals surface area contributed by atoms with Crippen LogP contribution in [0, 0.1) is 25.2 Å². The monoisotopic (exact) mass is 161 g/mol. The fraction of sp³-hybridized carbons (Fsp3) is 0.300. The van der Waals surface area contributed by atoms with Crippen LogP contribution >= 0.6 is 0 Å². The van der Waals surface area contributed by atoms with E-state index in [0.717, 1.165) is 16.9 Å². The molecule has 0 bridgehead atoms. The first-order valence-corrected chi connectivity index (χ1v) is 3.75. The summed E-state index contributed by atoms with van der Waals surface area (Å²) < 4.78 is 5.17.